The summed E-state index contributed by atoms with van der Waals surface area (Å²) < 4.78 is 14.6. The van der Waals surface area contributed by atoms with Gasteiger partial charge in [0.25, 0.3) is 5.91 Å². The van der Waals surface area contributed by atoms with Crippen LogP contribution in [0.25, 0.3) is 33.0 Å². The minimum Gasteiger partial charge on any atom is -0.345 e. The molecule has 8 heteroatoms. The summed E-state index contributed by atoms with van der Waals surface area (Å²) in [7, 11) is -4.63. The molecule has 0 spiro atoms. The zero-order chi connectivity index (χ0) is 31.6. The molecule has 0 saturated heterocycles. The quantitative estimate of drug-likeness (QED) is 0.0937. The number of hydrogen-bond donors (Lipinski definition) is 3. The van der Waals surface area contributed by atoms with Gasteiger partial charge in [-0.2, -0.15) is 0 Å². The van der Waals surface area contributed by atoms with E-state index >= 15 is 0 Å². The molecule has 45 heavy (non-hydrogen) atoms. The fourth-order valence-corrected chi connectivity index (χ4v) is 6.72. The van der Waals surface area contributed by atoms with E-state index in [1.54, 1.807) is 6.07 Å². The minimum absolute atomic E-state index is 0.0673. The summed E-state index contributed by atoms with van der Waals surface area (Å²) in [6, 6.07) is 37.3. The van der Waals surface area contributed by atoms with E-state index in [2.05, 4.69) is 47.8 Å². The lowest BCUT2D eigenvalue weighted by Crippen LogP contribution is -2.16. The standard InChI is InChI=1S/C37H31N2O5P/c1-25-37(38-36(41)24-40)32(21-34-33-15-9-8-14-29(33)16-17-35(34)45(42,43)44)23-39(25)22-26-18-30(27-10-4-2-5-11-27)20-31(19-26)28-12-6-3-7-13-28/h2-20,23-24H,21-22H2,1H3,(H,38,41)(H2,42,43,44). The van der Waals surface area contributed by atoms with Crippen molar-refractivity contribution in [2.75, 3.05) is 5.32 Å². The number of carbonyl (C=O) groups excluding carboxylic acids is 2. The number of nitrogens with zero attached hydrogens (tertiary/aromatic N) is 1. The number of benzene rings is 5. The number of nitrogens with one attached hydrogen (secondary N) is 1. The van der Waals surface area contributed by atoms with Crippen LogP contribution in [0.2, 0.25) is 0 Å². The highest BCUT2D eigenvalue weighted by Crippen LogP contribution is 2.39. The Morgan fingerprint density at radius 2 is 1.40 bits per heavy atom. The zero-order valence-electron chi connectivity index (χ0n) is 24.6. The Balaban J connectivity index is 1.47. The Bertz CT molecular complexity index is 2020. The van der Waals surface area contributed by atoms with Gasteiger partial charge in [0.15, 0.2) is 0 Å². The number of rotatable bonds is 9. The topological polar surface area (TPSA) is 109 Å². The molecule has 1 aromatic heterocycles. The van der Waals surface area contributed by atoms with E-state index in [0.717, 1.165) is 33.2 Å². The van der Waals surface area contributed by atoms with E-state index in [-0.39, 0.29) is 18.0 Å². The SMILES string of the molecule is Cc1c(NC(=O)C=O)c(Cc2c(P(=O)(O)O)ccc3ccccc23)cn1Cc1cc(-c2ccccc2)cc(-c2ccccc2)c1. The van der Waals surface area contributed by atoms with Gasteiger partial charge in [-0.15, -0.1) is 0 Å². The molecule has 0 radical (unpaired) electrons. The third-order valence-electron chi connectivity index (χ3n) is 8.04. The molecule has 0 aliphatic carbocycles. The average Bonchev–Trinajstić information content (AvgIpc) is 3.33. The van der Waals surface area contributed by atoms with Crippen LogP contribution in [0.3, 0.4) is 0 Å². The summed E-state index contributed by atoms with van der Waals surface area (Å²) in [6.45, 7) is 2.31. The summed E-state index contributed by atoms with van der Waals surface area (Å²) >= 11 is 0. The lowest BCUT2D eigenvalue weighted by Gasteiger charge is -2.15. The van der Waals surface area contributed by atoms with E-state index in [1.165, 1.54) is 6.07 Å². The summed E-state index contributed by atoms with van der Waals surface area (Å²) in [4.78, 5) is 44.2. The molecule has 0 atom stereocenters. The van der Waals surface area contributed by atoms with Crippen LogP contribution in [0.5, 0.6) is 0 Å². The van der Waals surface area contributed by atoms with Crippen molar-refractivity contribution in [1.29, 1.82) is 0 Å². The third kappa shape index (κ3) is 6.42. The Morgan fingerprint density at radius 1 is 0.800 bits per heavy atom. The molecule has 1 amide bonds. The van der Waals surface area contributed by atoms with Crippen LogP contribution < -0.4 is 10.6 Å². The third-order valence-corrected chi connectivity index (χ3v) is 9.08. The molecule has 0 fully saturated rings. The first-order valence-electron chi connectivity index (χ1n) is 14.5. The van der Waals surface area contributed by atoms with Gasteiger partial charge in [-0.1, -0.05) is 91.0 Å². The number of amides is 1. The van der Waals surface area contributed by atoms with Crippen LogP contribution in [0.15, 0.2) is 121 Å². The van der Waals surface area contributed by atoms with Gasteiger partial charge in [0, 0.05) is 24.9 Å². The second kappa shape index (κ2) is 12.5. The van der Waals surface area contributed by atoms with Gasteiger partial charge in [-0.25, -0.2) is 0 Å². The highest BCUT2D eigenvalue weighted by molar-refractivity contribution is 7.60. The Hall–Kier alpha value is -5.07. The second-order valence-electron chi connectivity index (χ2n) is 11.0. The lowest BCUT2D eigenvalue weighted by atomic mass is 9.96. The van der Waals surface area contributed by atoms with Crippen molar-refractivity contribution in [2.45, 2.75) is 19.9 Å². The number of carbonyl (C=O) groups is 2. The van der Waals surface area contributed by atoms with Crippen LogP contribution in [0, 0.1) is 6.92 Å². The summed E-state index contributed by atoms with van der Waals surface area (Å²) in [5.74, 6) is -0.803. The smallest absolute Gasteiger partial charge is 0.345 e. The van der Waals surface area contributed by atoms with E-state index < -0.39 is 13.5 Å². The van der Waals surface area contributed by atoms with Crippen LogP contribution in [-0.2, 0) is 27.1 Å². The summed E-state index contributed by atoms with van der Waals surface area (Å²) in [6.07, 6.45) is 2.23. The van der Waals surface area contributed by atoms with Crippen molar-refractivity contribution < 1.29 is 23.9 Å². The molecule has 1 heterocycles. The monoisotopic (exact) mass is 614 g/mol. The van der Waals surface area contributed by atoms with Crippen LogP contribution in [0.4, 0.5) is 5.69 Å². The first-order chi connectivity index (χ1) is 21.7. The molecule has 0 bridgehead atoms. The van der Waals surface area contributed by atoms with Crippen molar-refractivity contribution >= 4 is 41.6 Å². The van der Waals surface area contributed by atoms with Crippen molar-refractivity contribution in [3.8, 4) is 22.3 Å². The molecule has 3 N–H and O–H groups in total. The number of aromatic nitrogens is 1. The van der Waals surface area contributed by atoms with Gasteiger partial charge in [-0.3, -0.25) is 14.2 Å². The molecule has 6 rings (SSSR count). The number of fused-ring (bicyclic) bond motifs is 1. The molecule has 6 aromatic rings. The lowest BCUT2D eigenvalue weighted by molar-refractivity contribution is -0.127. The largest absolute Gasteiger partial charge is 0.356 e. The van der Waals surface area contributed by atoms with Crippen LogP contribution >= 0.6 is 7.60 Å². The molecule has 0 saturated carbocycles. The molecular weight excluding hydrogens is 583 g/mol. The first-order valence-corrected chi connectivity index (χ1v) is 16.1. The maximum atomic E-state index is 12.6. The predicted molar refractivity (Wildman–Crippen MR) is 179 cm³/mol. The minimum atomic E-state index is -4.63. The Morgan fingerprint density at radius 3 is 2.00 bits per heavy atom. The van der Waals surface area contributed by atoms with E-state index in [4.69, 9.17) is 0 Å². The molecule has 0 unspecified atom stereocenters. The van der Waals surface area contributed by atoms with Gasteiger partial charge < -0.3 is 19.7 Å². The maximum Gasteiger partial charge on any atom is 0.356 e. The number of anilines is 1. The Labute approximate surface area is 261 Å². The van der Waals surface area contributed by atoms with Crippen molar-refractivity contribution in [1.82, 2.24) is 4.57 Å². The molecule has 7 nitrogen and oxygen atoms in total. The van der Waals surface area contributed by atoms with Crippen LogP contribution in [-0.4, -0.2) is 26.5 Å². The molecular formula is C37H31N2O5P. The second-order valence-corrected chi connectivity index (χ2v) is 12.6. The first kappa shape index (κ1) is 30.0. The molecule has 5 aromatic carbocycles. The molecule has 0 aliphatic heterocycles. The van der Waals surface area contributed by atoms with Crippen molar-refractivity contribution in [3.05, 3.63) is 144 Å². The van der Waals surface area contributed by atoms with E-state index in [1.807, 2.05) is 78.4 Å². The van der Waals surface area contributed by atoms with Crippen molar-refractivity contribution in [3.63, 3.8) is 0 Å². The fraction of sp³-hybridized carbons (Fsp3) is 0.0811. The van der Waals surface area contributed by atoms with Gasteiger partial charge in [0.1, 0.15) is 0 Å². The average molecular weight is 615 g/mol. The van der Waals surface area contributed by atoms with E-state index in [0.29, 0.717) is 34.4 Å². The van der Waals surface area contributed by atoms with Gasteiger partial charge in [0.2, 0.25) is 6.29 Å². The van der Waals surface area contributed by atoms with Gasteiger partial charge >= 0.3 is 7.60 Å². The normalized spacial score (nSPS) is 11.4. The van der Waals surface area contributed by atoms with Gasteiger partial charge in [0.05, 0.1) is 11.0 Å². The maximum absolute atomic E-state index is 12.6. The van der Waals surface area contributed by atoms with Crippen molar-refractivity contribution in [2.24, 2.45) is 0 Å². The predicted octanol–water partition coefficient (Wildman–Crippen LogP) is 6.86. The zero-order valence-corrected chi connectivity index (χ0v) is 25.4. The highest BCUT2D eigenvalue weighted by atomic mass is 31.2. The fourth-order valence-electron chi connectivity index (χ4n) is 5.90. The van der Waals surface area contributed by atoms with E-state index in [9.17, 15) is 23.9 Å². The molecule has 224 valence electrons. The summed E-state index contributed by atoms with van der Waals surface area (Å²) in [5.41, 5.74) is 7.58. The number of hydrogen-bond acceptors (Lipinski definition) is 3. The Kier molecular flexibility index (Phi) is 8.33. The highest BCUT2D eigenvalue weighted by Gasteiger charge is 2.25. The number of aldehydes is 1. The van der Waals surface area contributed by atoms with Crippen LogP contribution in [0.1, 0.15) is 22.4 Å². The van der Waals surface area contributed by atoms with Gasteiger partial charge in [-0.05, 0) is 80.9 Å². The molecule has 0 aliphatic rings. The summed E-state index contributed by atoms with van der Waals surface area (Å²) in [5, 5.41) is 4.19.